The highest BCUT2D eigenvalue weighted by atomic mass is 16.6. The molecule has 0 aliphatic carbocycles. The topological polar surface area (TPSA) is 173 Å². The van der Waals surface area contributed by atoms with Gasteiger partial charge in [0.1, 0.15) is 0 Å². The maximum Gasteiger partial charge on any atom is 0.324 e. The van der Waals surface area contributed by atoms with E-state index >= 15 is 0 Å². The minimum Gasteiger partial charge on any atom is -0.497 e. The smallest absolute Gasteiger partial charge is 0.324 e. The van der Waals surface area contributed by atoms with Crippen LogP contribution in [0.25, 0.3) is 0 Å². The van der Waals surface area contributed by atoms with Gasteiger partial charge in [-0.2, -0.15) is 0 Å². The van der Waals surface area contributed by atoms with E-state index in [1.54, 1.807) is 0 Å². The number of nitro benzene ring substituents is 3. The minimum atomic E-state index is -1.21. The summed E-state index contributed by atoms with van der Waals surface area (Å²) < 4.78 is 0. The molecule has 0 aliphatic heterocycles. The van der Waals surface area contributed by atoms with Crippen molar-refractivity contribution in [2.45, 2.75) is 0 Å². The maximum absolute atomic E-state index is 10.4. The standard InChI is InChI=1S/C6H3N3O7.CHN/c10-6-4(8(13)14)1-3(7(11)12)2-5(6)9(15)16;1-2/h1-2,10H;1H. The number of nitro groups is 3. The summed E-state index contributed by atoms with van der Waals surface area (Å²) >= 11 is 0. The van der Waals surface area contributed by atoms with Gasteiger partial charge in [-0.25, -0.2) is 5.26 Å². The number of hydrogen-bond acceptors (Lipinski definition) is 8. The largest absolute Gasteiger partial charge is 0.497 e. The van der Waals surface area contributed by atoms with E-state index in [0.29, 0.717) is 12.1 Å². The fourth-order valence-electron chi connectivity index (χ4n) is 0.974. The van der Waals surface area contributed by atoms with E-state index in [2.05, 4.69) is 6.57 Å². The molecule has 0 unspecified atom stereocenters. The summed E-state index contributed by atoms with van der Waals surface area (Å²) in [6, 6.07) is 0.894. The van der Waals surface area contributed by atoms with Crippen molar-refractivity contribution in [2.75, 3.05) is 0 Å². The zero-order chi connectivity index (χ0) is 14.5. The summed E-state index contributed by atoms with van der Waals surface area (Å²) in [4.78, 5) is 27.8. The van der Waals surface area contributed by atoms with E-state index in [9.17, 15) is 30.3 Å². The minimum absolute atomic E-state index is 0.447. The Morgan fingerprint density at radius 3 is 1.50 bits per heavy atom. The molecule has 1 aromatic carbocycles. The lowest BCUT2D eigenvalue weighted by molar-refractivity contribution is -0.404. The molecule has 0 radical (unpaired) electrons. The average Bonchev–Trinajstić information content (AvgIpc) is 2.30. The van der Waals surface area contributed by atoms with Crippen LogP contribution in [0, 0.1) is 42.2 Å². The number of phenolic OH excluding ortho intramolecular Hbond substituents is 1. The second-order valence-electron chi connectivity index (χ2n) is 2.60. The van der Waals surface area contributed by atoms with Crippen molar-refractivity contribution in [3.05, 3.63) is 42.5 Å². The average molecular weight is 256 g/mol. The van der Waals surface area contributed by atoms with Gasteiger partial charge in [0.25, 0.3) is 11.4 Å². The Morgan fingerprint density at radius 2 is 1.28 bits per heavy atom. The number of aromatic hydroxyl groups is 1. The molecule has 1 rings (SSSR count). The van der Waals surface area contributed by atoms with E-state index in [-0.39, 0.29) is 0 Å². The quantitative estimate of drug-likeness (QED) is 0.620. The molecule has 0 atom stereocenters. The number of benzene rings is 1. The lowest BCUT2D eigenvalue weighted by atomic mass is 10.2. The zero-order valence-corrected chi connectivity index (χ0v) is 8.42. The van der Waals surface area contributed by atoms with Crippen LogP contribution in [0.2, 0.25) is 0 Å². The first kappa shape index (κ1) is 14.7. The number of nitrogens with zero attached hydrogens (tertiary/aromatic N) is 4. The molecule has 0 saturated heterocycles. The maximum atomic E-state index is 10.4. The number of rotatable bonds is 3. The molecule has 0 saturated carbocycles. The molecular weight excluding hydrogens is 252 g/mol. The van der Waals surface area contributed by atoms with Crippen molar-refractivity contribution >= 4 is 17.1 Å². The molecule has 11 nitrogen and oxygen atoms in total. The molecule has 0 amide bonds. The van der Waals surface area contributed by atoms with E-state index in [4.69, 9.17) is 10.4 Å². The molecule has 94 valence electrons. The predicted octanol–water partition coefficient (Wildman–Crippen LogP) is 1.26. The van der Waals surface area contributed by atoms with Crippen LogP contribution in [0.5, 0.6) is 5.75 Å². The molecule has 1 aromatic rings. The highest BCUT2D eigenvalue weighted by molar-refractivity contribution is 5.64. The van der Waals surface area contributed by atoms with Crippen molar-refractivity contribution in [1.29, 1.82) is 5.26 Å². The molecule has 0 fully saturated rings. The Balaban J connectivity index is 0.00000137. The summed E-state index contributed by atoms with van der Waals surface area (Å²) in [7, 11) is 0. The fraction of sp³-hybridized carbons (Fsp3) is 0. The molecule has 18 heavy (non-hydrogen) atoms. The third-order valence-electron chi connectivity index (χ3n) is 1.66. The van der Waals surface area contributed by atoms with Crippen LogP contribution in [0.1, 0.15) is 0 Å². The summed E-state index contributed by atoms with van der Waals surface area (Å²) in [6.07, 6.45) is 0. The highest BCUT2D eigenvalue weighted by Gasteiger charge is 2.29. The van der Waals surface area contributed by atoms with E-state index in [1.807, 2.05) is 0 Å². The van der Waals surface area contributed by atoms with Gasteiger partial charge in [-0.3, -0.25) is 30.3 Å². The molecular formula is C7H4N4O7. The number of hydrogen-bond donors (Lipinski definition) is 1. The van der Waals surface area contributed by atoms with Crippen molar-refractivity contribution in [2.24, 2.45) is 0 Å². The lowest BCUT2D eigenvalue weighted by Crippen LogP contribution is -1.97. The van der Waals surface area contributed by atoms with E-state index in [1.165, 1.54) is 0 Å². The first-order valence-electron chi connectivity index (χ1n) is 3.90. The second kappa shape index (κ2) is 5.70. The van der Waals surface area contributed by atoms with Gasteiger partial charge >= 0.3 is 11.4 Å². The highest BCUT2D eigenvalue weighted by Crippen LogP contribution is 2.38. The predicted molar refractivity (Wildman–Crippen MR) is 54.7 cm³/mol. The molecule has 0 heterocycles. The third-order valence-corrected chi connectivity index (χ3v) is 1.66. The van der Waals surface area contributed by atoms with Crippen molar-refractivity contribution in [3.8, 4) is 12.3 Å². The first-order valence-corrected chi connectivity index (χ1v) is 3.90. The van der Waals surface area contributed by atoms with Crippen LogP contribution >= 0.6 is 0 Å². The van der Waals surface area contributed by atoms with Gasteiger partial charge in [0.2, 0.25) is 0 Å². The Labute approximate surface area is 97.9 Å². The number of nitriles is 1. The van der Waals surface area contributed by atoms with Crippen LogP contribution in [0.4, 0.5) is 17.1 Å². The van der Waals surface area contributed by atoms with Gasteiger partial charge in [0.15, 0.2) is 0 Å². The second-order valence-corrected chi connectivity index (χ2v) is 2.60. The van der Waals surface area contributed by atoms with Gasteiger partial charge in [-0.05, 0) is 0 Å². The van der Waals surface area contributed by atoms with Crippen molar-refractivity contribution < 1.29 is 19.9 Å². The van der Waals surface area contributed by atoms with Crippen molar-refractivity contribution in [1.82, 2.24) is 0 Å². The summed E-state index contributed by atoms with van der Waals surface area (Å²) in [5, 5.41) is 46.7. The van der Waals surface area contributed by atoms with Crippen molar-refractivity contribution in [3.63, 3.8) is 0 Å². The summed E-state index contributed by atoms with van der Waals surface area (Å²) in [6.45, 7) is 3.50. The molecule has 1 N–H and O–H groups in total. The normalized spacial score (nSPS) is 8.78. The van der Waals surface area contributed by atoms with Gasteiger partial charge in [0, 0.05) is 6.57 Å². The van der Waals surface area contributed by atoms with Crippen LogP contribution in [-0.2, 0) is 0 Å². The monoisotopic (exact) mass is 256 g/mol. The van der Waals surface area contributed by atoms with Gasteiger partial charge in [0.05, 0.1) is 26.9 Å². The molecule has 0 bridgehead atoms. The molecule has 0 aromatic heterocycles. The van der Waals surface area contributed by atoms with Crippen LogP contribution in [0.15, 0.2) is 12.1 Å². The Hall–Kier alpha value is -3.29. The number of non-ortho nitro benzene ring substituents is 1. The third kappa shape index (κ3) is 2.85. The SMILES string of the molecule is C#N.O=[N+]([O-])c1cc([N+](=O)[O-])c(O)c([N+](=O)[O-])c1. The lowest BCUT2D eigenvalue weighted by Gasteiger charge is -1.97. The van der Waals surface area contributed by atoms with Gasteiger partial charge in [-0.1, -0.05) is 0 Å². The Kier molecular flexibility index (Phi) is 4.66. The van der Waals surface area contributed by atoms with Crippen LogP contribution in [-0.4, -0.2) is 19.9 Å². The zero-order valence-electron chi connectivity index (χ0n) is 8.42. The fourth-order valence-corrected chi connectivity index (χ4v) is 0.974. The Morgan fingerprint density at radius 1 is 0.944 bits per heavy atom. The summed E-state index contributed by atoms with van der Waals surface area (Å²) in [5.74, 6) is -1.21. The van der Waals surface area contributed by atoms with Gasteiger partial charge < -0.3 is 5.11 Å². The Bertz CT molecular complexity index is 503. The molecule has 0 aliphatic rings. The first-order chi connectivity index (χ1) is 8.34. The van der Waals surface area contributed by atoms with Crippen LogP contribution in [0.3, 0.4) is 0 Å². The van der Waals surface area contributed by atoms with Crippen LogP contribution < -0.4 is 0 Å². The molecule has 11 heteroatoms. The molecule has 0 spiro atoms. The number of phenols is 1. The van der Waals surface area contributed by atoms with Gasteiger partial charge in [-0.15, -0.1) is 0 Å². The van der Waals surface area contributed by atoms with E-state index < -0.39 is 37.6 Å². The summed E-state index contributed by atoms with van der Waals surface area (Å²) in [5.41, 5.74) is -3.00. The van der Waals surface area contributed by atoms with E-state index in [0.717, 1.165) is 0 Å².